The maximum atomic E-state index is 10.8. The molecule has 1 atom stereocenters. The second-order valence-electron chi connectivity index (χ2n) is 2.98. The Morgan fingerprint density at radius 3 is 2.79 bits per heavy atom. The SMILES string of the molecule is CCOCCOC(C)CCC(=O)NN. The third kappa shape index (κ3) is 7.97. The Morgan fingerprint density at radius 1 is 1.50 bits per heavy atom. The van der Waals surface area contributed by atoms with Crippen LogP contribution in [0.4, 0.5) is 0 Å². The average molecular weight is 204 g/mol. The standard InChI is InChI=1S/C9H20N2O3/c1-3-13-6-7-14-8(2)4-5-9(12)11-10/h8H,3-7,10H2,1-2H3,(H,11,12). The summed E-state index contributed by atoms with van der Waals surface area (Å²) >= 11 is 0. The smallest absolute Gasteiger partial charge is 0.233 e. The van der Waals surface area contributed by atoms with Gasteiger partial charge in [0.25, 0.3) is 0 Å². The number of hydrogen-bond acceptors (Lipinski definition) is 4. The lowest BCUT2D eigenvalue weighted by Gasteiger charge is -2.12. The van der Waals surface area contributed by atoms with Crippen molar-refractivity contribution in [3.63, 3.8) is 0 Å². The topological polar surface area (TPSA) is 73.6 Å². The van der Waals surface area contributed by atoms with Crippen molar-refractivity contribution < 1.29 is 14.3 Å². The fourth-order valence-corrected chi connectivity index (χ4v) is 0.942. The normalized spacial score (nSPS) is 12.5. The molecule has 0 heterocycles. The van der Waals surface area contributed by atoms with Crippen LogP contribution in [0.15, 0.2) is 0 Å². The van der Waals surface area contributed by atoms with Gasteiger partial charge in [-0.3, -0.25) is 10.2 Å². The second kappa shape index (κ2) is 8.93. The Hall–Kier alpha value is -0.650. The molecule has 3 N–H and O–H groups in total. The third-order valence-electron chi connectivity index (χ3n) is 1.77. The van der Waals surface area contributed by atoms with Gasteiger partial charge in [-0.15, -0.1) is 0 Å². The highest BCUT2D eigenvalue weighted by molar-refractivity contribution is 5.75. The number of carbonyl (C=O) groups excluding carboxylic acids is 1. The third-order valence-corrected chi connectivity index (χ3v) is 1.77. The zero-order chi connectivity index (χ0) is 10.8. The number of hydrazine groups is 1. The van der Waals surface area contributed by atoms with E-state index in [9.17, 15) is 4.79 Å². The zero-order valence-electron chi connectivity index (χ0n) is 8.91. The molecule has 0 bridgehead atoms. The van der Waals surface area contributed by atoms with Crippen LogP contribution in [0.2, 0.25) is 0 Å². The Bertz CT molecular complexity index is 153. The molecular weight excluding hydrogens is 184 g/mol. The largest absolute Gasteiger partial charge is 0.379 e. The molecule has 0 aliphatic heterocycles. The van der Waals surface area contributed by atoms with Gasteiger partial charge >= 0.3 is 0 Å². The van der Waals surface area contributed by atoms with Crippen LogP contribution in [0.1, 0.15) is 26.7 Å². The number of amides is 1. The van der Waals surface area contributed by atoms with Crippen molar-refractivity contribution in [2.45, 2.75) is 32.8 Å². The van der Waals surface area contributed by atoms with E-state index in [1.807, 2.05) is 13.8 Å². The van der Waals surface area contributed by atoms with Crippen molar-refractivity contribution in [2.24, 2.45) is 5.84 Å². The molecule has 0 aliphatic carbocycles. The average Bonchev–Trinajstić information content (AvgIpc) is 2.21. The van der Waals surface area contributed by atoms with Gasteiger partial charge in [-0.05, 0) is 20.3 Å². The molecular formula is C9H20N2O3. The van der Waals surface area contributed by atoms with Gasteiger partial charge in [0.2, 0.25) is 5.91 Å². The van der Waals surface area contributed by atoms with Gasteiger partial charge in [0.05, 0.1) is 19.3 Å². The highest BCUT2D eigenvalue weighted by Crippen LogP contribution is 2.00. The van der Waals surface area contributed by atoms with Crippen LogP contribution in [-0.4, -0.2) is 31.8 Å². The molecule has 0 aromatic heterocycles. The molecule has 0 spiro atoms. The molecule has 5 nitrogen and oxygen atoms in total. The van der Waals surface area contributed by atoms with E-state index in [1.54, 1.807) is 0 Å². The van der Waals surface area contributed by atoms with Crippen LogP contribution < -0.4 is 11.3 Å². The molecule has 0 aliphatic rings. The maximum absolute atomic E-state index is 10.8. The van der Waals surface area contributed by atoms with Gasteiger partial charge in [-0.1, -0.05) is 0 Å². The van der Waals surface area contributed by atoms with Gasteiger partial charge in [-0.25, -0.2) is 5.84 Å². The molecule has 0 aromatic carbocycles. The lowest BCUT2D eigenvalue weighted by molar-refractivity contribution is -0.121. The van der Waals surface area contributed by atoms with E-state index in [0.717, 1.165) is 0 Å². The summed E-state index contributed by atoms with van der Waals surface area (Å²) in [6, 6.07) is 0. The van der Waals surface area contributed by atoms with Crippen molar-refractivity contribution in [1.82, 2.24) is 5.43 Å². The summed E-state index contributed by atoms with van der Waals surface area (Å²) < 4.78 is 10.5. The van der Waals surface area contributed by atoms with E-state index in [1.165, 1.54) is 0 Å². The Balaban J connectivity index is 3.27. The van der Waals surface area contributed by atoms with Crippen LogP contribution in [0, 0.1) is 0 Å². The highest BCUT2D eigenvalue weighted by Gasteiger charge is 2.05. The summed E-state index contributed by atoms with van der Waals surface area (Å²) in [5, 5.41) is 0. The molecule has 1 amide bonds. The summed E-state index contributed by atoms with van der Waals surface area (Å²) in [6.07, 6.45) is 1.13. The lowest BCUT2D eigenvalue weighted by atomic mass is 10.2. The number of nitrogens with two attached hydrogens (primary N) is 1. The van der Waals surface area contributed by atoms with Gasteiger partial charge in [0.1, 0.15) is 0 Å². The summed E-state index contributed by atoms with van der Waals surface area (Å²) in [4.78, 5) is 10.8. The van der Waals surface area contributed by atoms with Gasteiger partial charge in [-0.2, -0.15) is 0 Å². The van der Waals surface area contributed by atoms with E-state index in [0.29, 0.717) is 32.7 Å². The van der Waals surface area contributed by atoms with Crippen LogP contribution in [0.5, 0.6) is 0 Å². The molecule has 0 fully saturated rings. The number of rotatable bonds is 8. The molecule has 1 unspecified atom stereocenters. The number of hydrogen-bond donors (Lipinski definition) is 2. The minimum atomic E-state index is -0.162. The molecule has 0 radical (unpaired) electrons. The van der Waals surface area contributed by atoms with Crippen LogP contribution in [0.25, 0.3) is 0 Å². The summed E-state index contributed by atoms with van der Waals surface area (Å²) in [5.74, 6) is 4.78. The van der Waals surface area contributed by atoms with Crippen molar-refractivity contribution in [3.05, 3.63) is 0 Å². The van der Waals surface area contributed by atoms with E-state index < -0.39 is 0 Å². The predicted octanol–water partition coefficient (Wildman–Crippen LogP) is 0.198. The predicted molar refractivity (Wildman–Crippen MR) is 53.5 cm³/mol. The summed E-state index contributed by atoms with van der Waals surface area (Å²) in [7, 11) is 0. The van der Waals surface area contributed by atoms with Crippen molar-refractivity contribution in [2.75, 3.05) is 19.8 Å². The quantitative estimate of drug-likeness (QED) is 0.256. The Morgan fingerprint density at radius 2 is 2.21 bits per heavy atom. The summed E-state index contributed by atoms with van der Waals surface area (Å²) in [5.41, 5.74) is 2.08. The van der Waals surface area contributed by atoms with Gasteiger partial charge in [0, 0.05) is 13.0 Å². The van der Waals surface area contributed by atoms with E-state index in [2.05, 4.69) is 5.43 Å². The van der Waals surface area contributed by atoms with Gasteiger partial charge < -0.3 is 9.47 Å². The van der Waals surface area contributed by atoms with E-state index >= 15 is 0 Å². The maximum Gasteiger partial charge on any atom is 0.233 e. The molecule has 0 saturated carbocycles. The second-order valence-corrected chi connectivity index (χ2v) is 2.98. The van der Waals surface area contributed by atoms with Crippen LogP contribution in [0.3, 0.4) is 0 Å². The van der Waals surface area contributed by atoms with Crippen molar-refractivity contribution >= 4 is 5.91 Å². The number of nitrogens with one attached hydrogen (secondary N) is 1. The first-order chi connectivity index (χ1) is 6.70. The fourth-order valence-electron chi connectivity index (χ4n) is 0.942. The first-order valence-electron chi connectivity index (χ1n) is 4.89. The highest BCUT2D eigenvalue weighted by atomic mass is 16.5. The first kappa shape index (κ1) is 13.4. The fraction of sp³-hybridized carbons (Fsp3) is 0.889. The van der Waals surface area contributed by atoms with Gasteiger partial charge in [0.15, 0.2) is 0 Å². The monoisotopic (exact) mass is 204 g/mol. The minimum absolute atomic E-state index is 0.0627. The molecule has 0 rings (SSSR count). The van der Waals surface area contributed by atoms with Crippen LogP contribution >= 0.6 is 0 Å². The molecule has 84 valence electrons. The van der Waals surface area contributed by atoms with E-state index in [4.69, 9.17) is 15.3 Å². The Labute approximate surface area is 84.9 Å². The lowest BCUT2D eigenvalue weighted by Crippen LogP contribution is -2.30. The van der Waals surface area contributed by atoms with E-state index in [-0.39, 0.29) is 12.0 Å². The number of carbonyl (C=O) groups is 1. The van der Waals surface area contributed by atoms with Crippen LogP contribution in [-0.2, 0) is 14.3 Å². The number of ether oxygens (including phenoxy) is 2. The molecule has 5 heteroatoms. The summed E-state index contributed by atoms with van der Waals surface area (Å²) in [6.45, 7) is 5.74. The Kier molecular flexibility index (Phi) is 8.51. The molecule has 0 aromatic rings. The zero-order valence-corrected chi connectivity index (χ0v) is 8.91. The van der Waals surface area contributed by atoms with Crippen molar-refractivity contribution in [3.8, 4) is 0 Å². The van der Waals surface area contributed by atoms with Crippen molar-refractivity contribution in [1.29, 1.82) is 0 Å². The molecule has 14 heavy (non-hydrogen) atoms. The molecule has 0 saturated heterocycles. The minimum Gasteiger partial charge on any atom is -0.379 e. The first-order valence-corrected chi connectivity index (χ1v) is 4.89.